The minimum absolute atomic E-state index is 0.203. The van der Waals surface area contributed by atoms with Crippen molar-refractivity contribution in [3.63, 3.8) is 0 Å². The van der Waals surface area contributed by atoms with E-state index in [1.54, 1.807) is 36.9 Å². The molecule has 0 radical (unpaired) electrons. The van der Waals surface area contributed by atoms with Crippen molar-refractivity contribution in [2.24, 2.45) is 0 Å². The van der Waals surface area contributed by atoms with Crippen LogP contribution in [0.5, 0.6) is 0 Å². The van der Waals surface area contributed by atoms with Crippen LogP contribution in [0.25, 0.3) is 11.3 Å². The van der Waals surface area contributed by atoms with Gasteiger partial charge in [-0.05, 0) is 61.0 Å². The number of nitrogens with zero attached hydrogens (tertiary/aromatic N) is 4. The number of carbonyl (C=O) groups is 1. The Balaban J connectivity index is 1.50. The van der Waals surface area contributed by atoms with E-state index in [0.29, 0.717) is 17.2 Å². The standard InChI is InChI=1S/C22H18N6O/c1-15-12-18(26-21(29)17-5-3-10-24-14-17)6-7-19(15)27-22-25-11-8-20(28-22)16-4-2-9-23-13-16/h2-14H,1H3,(H,26,29)(H,25,27,28). The quantitative estimate of drug-likeness (QED) is 0.536. The first-order valence-electron chi connectivity index (χ1n) is 9.01. The zero-order chi connectivity index (χ0) is 20.1. The summed E-state index contributed by atoms with van der Waals surface area (Å²) >= 11 is 0. The van der Waals surface area contributed by atoms with Crippen LogP contribution in [0.1, 0.15) is 15.9 Å². The summed E-state index contributed by atoms with van der Waals surface area (Å²) < 4.78 is 0. The summed E-state index contributed by atoms with van der Waals surface area (Å²) in [6, 6.07) is 14.7. The van der Waals surface area contributed by atoms with Gasteiger partial charge in [-0.25, -0.2) is 9.97 Å². The van der Waals surface area contributed by atoms with Gasteiger partial charge in [-0.1, -0.05) is 0 Å². The molecule has 0 atom stereocenters. The second-order valence-corrected chi connectivity index (χ2v) is 6.36. The first-order valence-corrected chi connectivity index (χ1v) is 9.01. The summed E-state index contributed by atoms with van der Waals surface area (Å²) in [5.74, 6) is 0.285. The summed E-state index contributed by atoms with van der Waals surface area (Å²) in [7, 11) is 0. The molecule has 3 heterocycles. The van der Waals surface area contributed by atoms with Crippen molar-refractivity contribution in [2.75, 3.05) is 10.6 Å². The topological polar surface area (TPSA) is 92.7 Å². The number of aromatic nitrogens is 4. The van der Waals surface area contributed by atoms with Crippen LogP contribution < -0.4 is 10.6 Å². The number of carbonyl (C=O) groups excluding carboxylic acids is 1. The van der Waals surface area contributed by atoms with E-state index in [4.69, 9.17) is 0 Å². The van der Waals surface area contributed by atoms with E-state index in [2.05, 4.69) is 30.6 Å². The third-order valence-corrected chi connectivity index (χ3v) is 4.27. The maximum Gasteiger partial charge on any atom is 0.257 e. The van der Waals surface area contributed by atoms with Gasteiger partial charge in [0.15, 0.2) is 0 Å². The fraction of sp³-hybridized carbons (Fsp3) is 0.0455. The largest absolute Gasteiger partial charge is 0.324 e. The van der Waals surface area contributed by atoms with Gasteiger partial charge in [-0.3, -0.25) is 14.8 Å². The van der Waals surface area contributed by atoms with Crippen LogP contribution in [0.2, 0.25) is 0 Å². The van der Waals surface area contributed by atoms with E-state index in [0.717, 1.165) is 22.5 Å². The van der Waals surface area contributed by atoms with Crippen molar-refractivity contribution in [3.05, 3.63) is 90.6 Å². The lowest BCUT2D eigenvalue weighted by Crippen LogP contribution is -2.12. The zero-order valence-electron chi connectivity index (χ0n) is 15.7. The summed E-state index contributed by atoms with van der Waals surface area (Å²) in [6.45, 7) is 1.95. The van der Waals surface area contributed by atoms with Gasteiger partial charge in [-0.2, -0.15) is 0 Å². The number of benzene rings is 1. The smallest absolute Gasteiger partial charge is 0.257 e. The minimum atomic E-state index is -0.203. The summed E-state index contributed by atoms with van der Waals surface area (Å²) in [6.07, 6.45) is 8.35. The van der Waals surface area contributed by atoms with Crippen molar-refractivity contribution in [1.82, 2.24) is 19.9 Å². The van der Waals surface area contributed by atoms with Crippen molar-refractivity contribution in [2.45, 2.75) is 6.92 Å². The zero-order valence-corrected chi connectivity index (χ0v) is 15.7. The van der Waals surface area contributed by atoms with Crippen LogP contribution >= 0.6 is 0 Å². The van der Waals surface area contributed by atoms with Gasteiger partial charge in [0.1, 0.15) is 0 Å². The SMILES string of the molecule is Cc1cc(NC(=O)c2cccnc2)ccc1Nc1nccc(-c2cccnc2)n1. The molecular formula is C22H18N6O. The van der Waals surface area contributed by atoms with Crippen LogP contribution in [0.4, 0.5) is 17.3 Å². The van der Waals surface area contributed by atoms with Gasteiger partial charge in [-0.15, -0.1) is 0 Å². The lowest BCUT2D eigenvalue weighted by atomic mass is 10.1. The molecule has 0 aliphatic rings. The fourth-order valence-corrected chi connectivity index (χ4v) is 2.80. The third kappa shape index (κ3) is 4.41. The molecule has 1 amide bonds. The summed E-state index contributed by atoms with van der Waals surface area (Å²) in [4.78, 5) is 29.2. The number of hydrogen-bond acceptors (Lipinski definition) is 6. The molecule has 2 N–H and O–H groups in total. The Hall–Kier alpha value is -4.13. The molecule has 0 aliphatic carbocycles. The molecule has 0 aliphatic heterocycles. The molecule has 3 aromatic heterocycles. The predicted octanol–water partition coefficient (Wildman–Crippen LogP) is 4.24. The van der Waals surface area contributed by atoms with Gasteiger partial charge in [0.2, 0.25) is 5.95 Å². The molecule has 7 nitrogen and oxygen atoms in total. The van der Waals surface area contributed by atoms with E-state index in [1.807, 2.05) is 43.3 Å². The molecular weight excluding hydrogens is 364 g/mol. The lowest BCUT2D eigenvalue weighted by Gasteiger charge is -2.11. The average Bonchev–Trinajstić information content (AvgIpc) is 2.77. The Morgan fingerprint density at radius 2 is 1.76 bits per heavy atom. The molecule has 0 saturated heterocycles. The maximum absolute atomic E-state index is 12.3. The highest BCUT2D eigenvalue weighted by molar-refractivity contribution is 6.04. The monoisotopic (exact) mass is 382 g/mol. The Morgan fingerprint density at radius 3 is 2.48 bits per heavy atom. The van der Waals surface area contributed by atoms with E-state index < -0.39 is 0 Å². The van der Waals surface area contributed by atoms with Gasteiger partial charge in [0, 0.05) is 47.9 Å². The highest BCUT2D eigenvalue weighted by Gasteiger charge is 2.08. The molecule has 7 heteroatoms. The van der Waals surface area contributed by atoms with Crippen LogP contribution in [0, 0.1) is 6.92 Å². The highest BCUT2D eigenvalue weighted by atomic mass is 16.1. The Labute approximate surface area is 167 Å². The number of amides is 1. The Bertz CT molecular complexity index is 1130. The van der Waals surface area contributed by atoms with Crippen molar-refractivity contribution in [3.8, 4) is 11.3 Å². The predicted molar refractivity (Wildman–Crippen MR) is 112 cm³/mol. The third-order valence-electron chi connectivity index (χ3n) is 4.27. The molecule has 0 saturated carbocycles. The van der Waals surface area contributed by atoms with E-state index in [9.17, 15) is 4.79 Å². The molecule has 1 aromatic carbocycles. The number of pyridine rings is 2. The highest BCUT2D eigenvalue weighted by Crippen LogP contribution is 2.24. The van der Waals surface area contributed by atoms with E-state index in [-0.39, 0.29) is 5.91 Å². The van der Waals surface area contributed by atoms with Crippen LogP contribution in [0.15, 0.2) is 79.5 Å². The second kappa shape index (κ2) is 8.26. The van der Waals surface area contributed by atoms with Gasteiger partial charge in [0.05, 0.1) is 11.3 Å². The number of nitrogens with one attached hydrogen (secondary N) is 2. The summed E-state index contributed by atoms with van der Waals surface area (Å²) in [5.41, 5.74) is 4.72. The van der Waals surface area contributed by atoms with E-state index in [1.165, 1.54) is 6.20 Å². The molecule has 0 bridgehead atoms. The Morgan fingerprint density at radius 1 is 0.931 bits per heavy atom. The van der Waals surface area contributed by atoms with Gasteiger partial charge < -0.3 is 10.6 Å². The number of aryl methyl sites for hydroxylation is 1. The van der Waals surface area contributed by atoms with Crippen molar-refractivity contribution >= 4 is 23.2 Å². The molecule has 142 valence electrons. The number of rotatable bonds is 5. The fourth-order valence-electron chi connectivity index (χ4n) is 2.80. The molecule has 0 spiro atoms. The minimum Gasteiger partial charge on any atom is -0.324 e. The average molecular weight is 382 g/mol. The molecule has 4 aromatic rings. The normalized spacial score (nSPS) is 10.4. The van der Waals surface area contributed by atoms with Gasteiger partial charge in [0.25, 0.3) is 5.91 Å². The number of hydrogen-bond donors (Lipinski definition) is 2. The second-order valence-electron chi connectivity index (χ2n) is 6.36. The van der Waals surface area contributed by atoms with Crippen LogP contribution in [0.3, 0.4) is 0 Å². The molecule has 0 fully saturated rings. The first-order chi connectivity index (χ1) is 14.2. The number of anilines is 3. The molecule has 29 heavy (non-hydrogen) atoms. The van der Waals surface area contributed by atoms with Gasteiger partial charge >= 0.3 is 0 Å². The van der Waals surface area contributed by atoms with Crippen molar-refractivity contribution < 1.29 is 4.79 Å². The van der Waals surface area contributed by atoms with Crippen molar-refractivity contribution in [1.29, 1.82) is 0 Å². The maximum atomic E-state index is 12.3. The van der Waals surface area contributed by atoms with E-state index >= 15 is 0 Å². The van der Waals surface area contributed by atoms with Crippen LogP contribution in [-0.4, -0.2) is 25.8 Å². The lowest BCUT2D eigenvalue weighted by molar-refractivity contribution is 0.102. The summed E-state index contributed by atoms with van der Waals surface area (Å²) in [5, 5.41) is 6.11. The first kappa shape index (κ1) is 18.2. The molecule has 4 rings (SSSR count). The van der Waals surface area contributed by atoms with Crippen LogP contribution in [-0.2, 0) is 0 Å². The molecule has 0 unspecified atom stereocenters. The Kier molecular flexibility index (Phi) is 5.20.